The fourth-order valence-electron chi connectivity index (χ4n) is 3.47. The van der Waals surface area contributed by atoms with E-state index in [-0.39, 0.29) is 0 Å². The largest absolute Gasteiger partial charge is 0.385 e. The second kappa shape index (κ2) is 9.90. The molecule has 1 aliphatic rings. The van der Waals surface area contributed by atoms with Gasteiger partial charge in [-0.25, -0.2) is 0 Å². The Morgan fingerprint density at radius 1 is 1.25 bits per heavy atom. The number of hydrogen-bond acceptors (Lipinski definition) is 2. The van der Waals surface area contributed by atoms with Gasteiger partial charge in [-0.15, -0.1) is 0 Å². The minimum absolute atomic E-state index is 0.358. The predicted molar refractivity (Wildman–Crippen MR) is 102 cm³/mol. The standard InChI is InChI=1S/C19H30ClN3O/c1-21-18(22-13-9-16-7-3-4-8-17(16)20)23-15-19(12-14-24-2)10-5-6-11-19/h3-4,7-8H,5-6,9-15H2,1-2H3,(H2,21,22,23). The zero-order chi connectivity index (χ0) is 17.3. The third kappa shape index (κ3) is 5.67. The number of aliphatic imine (C=N–C) groups is 1. The molecule has 0 aromatic heterocycles. The second-order valence-electron chi connectivity index (χ2n) is 6.64. The number of methoxy groups -OCH3 is 1. The van der Waals surface area contributed by atoms with Crippen molar-refractivity contribution in [3.63, 3.8) is 0 Å². The Balaban J connectivity index is 1.78. The molecule has 24 heavy (non-hydrogen) atoms. The van der Waals surface area contributed by atoms with Crippen molar-refractivity contribution in [1.29, 1.82) is 0 Å². The molecule has 0 amide bonds. The highest BCUT2D eigenvalue weighted by atomic mass is 35.5. The van der Waals surface area contributed by atoms with Crippen molar-refractivity contribution in [2.24, 2.45) is 10.4 Å². The first-order valence-electron chi connectivity index (χ1n) is 8.86. The lowest BCUT2D eigenvalue weighted by molar-refractivity contribution is 0.138. The Labute approximate surface area is 151 Å². The summed E-state index contributed by atoms with van der Waals surface area (Å²) in [5.74, 6) is 0.866. The number of ether oxygens (including phenoxy) is 1. The molecule has 2 N–H and O–H groups in total. The van der Waals surface area contributed by atoms with Gasteiger partial charge in [-0.05, 0) is 42.7 Å². The van der Waals surface area contributed by atoms with Crippen molar-refractivity contribution >= 4 is 17.6 Å². The molecule has 1 fully saturated rings. The van der Waals surface area contributed by atoms with Crippen LogP contribution in [0.15, 0.2) is 29.3 Å². The topological polar surface area (TPSA) is 45.7 Å². The summed E-state index contributed by atoms with van der Waals surface area (Å²) in [5, 5.41) is 7.73. The third-order valence-corrected chi connectivity index (χ3v) is 5.37. The van der Waals surface area contributed by atoms with Gasteiger partial charge in [-0.2, -0.15) is 0 Å². The maximum absolute atomic E-state index is 6.20. The number of rotatable bonds is 8. The van der Waals surface area contributed by atoms with E-state index in [1.165, 1.54) is 25.7 Å². The lowest BCUT2D eigenvalue weighted by Crippen LogP contribution is -2.43. The quantitative estimate of drug-likeness (QED) is 0.555. The smallest absolute Gasteiger partial charge is 0.191 e. The maximum atomic E-state index is 6.20. The fraction of sp³-hybridized carbons (Fsp3) is 0.632. The van der Waals surface area contributed by atoms with Gasteiger partial charge in [-0.1, -0.05) is 42.6 Å². The molecule has 0 saturated heterocycles. The van der Waals surface area contributed by atoms with Crippen LogP contribution in [0.4, 0.5) is 0 Å². The first-order valence-corrected chi connectivity index (χ1v) is 9.24. The van der Waals surface area contributed by atoms with E-state index in [0.717, 1.165) is 49.1 Å². The van der Waals surface area contributed by atoms with Crippen molar-refractivity contribution in [3.05, 3.63) is 34.9 Å². The van der Waals surface area contributed by atoms with Gasteiger partial charge in [0.25, 0.3) is 0 Å². The highest BCUT2D eigenvalue weighted by Gasteiger charge is 2.33. The molecular weight excluding hydrogens is 322 g/mol. The number of benzene rings is 1. The van der Waals surface area contributed by atoms with Crippen LogP contribution in [0.2, 0.25) is 5.02 Å². The molecule has 0 spiro atoms. The molecule has 1 saturated carbocycles. The van der Waals surface area contributed by atoms with Gasteiger partial charge >= 0.3 is 0 Å². The molecule has 0 atom stereocenters. The van der Waals surface area contributed by atoms with Crippen LogP contribution in [-0.2, 0) is 11.2 Å². The Kier molecular flexibility index (Phi) is 7.86. The third-order valence-electron chi connectivity index (χ3n) is 5.00. The van der Waals surface area contributed by atoms with Crippen molar-refractivity contribution < 1.29 is 4.74 Å². The highest BCUT2D eigenvalue weighted by molar-refractivity contribution is 6.31. The van der Waals surface area contributed by atoms with Gasteiger partial charge in [0.15, 0.2) is 5.96 Å². The maximum Gasteiger partial charge on any atom is 0.191 e. The van der Waals surface area contributed by atoms with Gasteiger partial charge in [-0.3, -0.25) is 4.99 Å². The Morgan fingerprint density at radius 3 is 2.67 bits per heavy atom. The van der Waals surface area contributed by atoms with Gasteiger partial charge in [0.1, 0.15) is 0 Å². The average molecular weight is 352 g/mol. The first kappa shape index (κ1) is 19.1. The molecule has 0 heterocycles. The summed E-state index contributed by atoms with van der Waals surface area (Å²) in [6, 6.07) is 7.98. The van der Waals surface area contributed by atoms with Crippen molar-refractivity contribution in [2.75, 3.05) is 33.9 Å². The molecule has 1 aliphatic carbocycles. The molecule has 0 bridgehead atoms. The van der Waals surface area contributed by atoms with Crippen LogP contribution in [0, 0.1) is 5.41 Å². The van der Waals surface area contributed by atoms with Crippen molar-refractivity contribution in [1.82, 2.24) is 10.6 Å². The monoisotopic (exact) mass is 351 g/mol. The number of halogens is 1. The van der Waals surface area contributed by atoms with Crippen LogP contribution < -0.4 is 10.6 Å². The van der Waals surface area contributed by atoms with E-state index in [1.54, 1.807) is 7.11 Å². The first-order chi connectivity index (χ1) is 11.7. The normalized spacial score (nSPS) is 17.0. The second-order valence-corrected chi connectivity index (χ2v) is 7.05. The Hall–Kier alpha value is -1.26. The fourth-order valence-corrected chi connectivity index (χ4v) is 3.70. The summed E-state index contributed by atoms with van der Waals surface area (Å²) >= 11 is 6.20. The number of nitrogens with zero attached hydrogens (tertiary/aromatic N) is 1. The van der Waals surface area contributed by atoms with Gasteiger partial charge < -0.3 is 15.4 Å². The summed E-state index contributed by atoms with van der Waals surface area (Å²) in [4.78, 5) is 4.34. The average Bonchev–Trinajstić information content (AvgIpc) is 3.07. The van der Waals surface area contributed by atoms with E-state index in [0.29, 0.717) is 5.41 Å². The summed E-state index contributed by atoms with van der Waals surface area (Å²) in [5.41, 5.74) is 1.52. The van der Waals surface area contributed by atoms with E-state index in [2.05, 4.69) is 21.7 Å². The lowest BCUT2D eigenvalue weighted by atomic mass is 9.83. The summed E-state index contributed by atoms with van der Waals surface area (Å²) in [7, 11) is 3.60. The van der Waals surface area contributed by atoms with Gasteiger partial charge in [0.2, 0.25) is 0 Å². The summed E-state index contributed by atoms with van der Waals surface area (Å²) in [6.45, 7) is 2.61. The van der Waals surface area contributed by atoms with E-state index in [1.807, 2.05) is 25.2 Å². The number of nitrogens with one attached hydrogen (secondary N) is 2. The molecule has 1 aromatic carbocycles. The molecule has 0 radical (unpaired) electrons. The zero-order valence-corrected chi connectivity index (χ0v) is 15.7. The van der Waals surface area contributed by atoms with E-state index >= 15 is 0 Å². The molecule has 5 heteroatoms. The van der Waals surface area contributed by atoms with Gasteiger partial charge in [0.05, 0.1) is 0 Å². The van der Waals surface area contributed by atoms with Crippen molar-refractivity contribution in [3.8, 4) is 0 Å². The zero-order valence-electron chi connectivity index (χ0n) is 14.9. The molecule has 4 nitrogen and oxygen atoms in total. The van der Waals surface area contributed by atoms with Crippen LogP contribution in [0.5, 0.6) is 0 Å². The molecular formula is C19H30ClN3O. The molecule has 0 unspecified atom stereocenters. The minimum Gasteiger partial charge on any atom is -0.385 e. The number of hydrogen-bond donors (Lipinski definition) is 2. The van der Waals surface area contributed by atoms with Gasteiger partial charge in [0, 0.05) is 38.9 Å². The minimum atomic E-state index is 0.358. The van der Waals surface area contributed by atoms with Crippen LogP contribution in [0.3, 0.4) is 0 Å². The van der Waals surface area contributed by atoms with Crippen LogP contribution >= 0.6 is 11.6 Å². The predicted octanol–water partition coefficient (Wildman–Crippen LogP) is 3.64. The molecule has 0 aliphatic heterocycles. The Bertz CT molecular complexity index is 527. The molecule has 1 aromatic rings. The SMILES string of the molecule is CN=C(NCCc1ccccc1Cl)NCC1(CCOC)CCCC1. The Morgan fingerprint density at radius 2 is 2.00 bits per heavy atom. The highest BCUT2D eigenvalue weighted by Crippen LogP contribution is 2.40. The van der Waals surface area contributed by atoms with Crippen LogP contribution in [-0.4, -0.2) is 39.8 Å². The van der Waals surface area contributed by atoms with Crippen molar-refractivity contribution in [2.45, 2.75) is 38.5 Å². The summed E-state index contributed by atoms with van der Waals surface area (Å²) in [6.07, 6.45) is 7.20. The lowest BCUT2D eigenvalue weighted by Gasteiger charge is -2.30. The molecule has 134 valence electrons. The van der Waals surface area contributed by atoms with E-state index in [4.69, 9.17) is 16.3 Å². The van der Waals surface area contributed by atoms with Crippen LogP contribution in [0.25, 0.3) is 0 Å². The molecule has 2 rings (SSSR count). The van der Waals surface area contributed by atoms with E-state index in [9.17, 15) is 0 Å². The number of guanidine groups is 1. The van der Waals surface area contributed by atoms with E-state index < -0.39 is 0 Å². The van der Waals surface area contributed by atoms with Crippen LogP contribution in [0.1, 0.15) is 37.7 Å². The summed E-state index contributed by atoms with van der Waals surface area (Å²) < 4.78 is 5.30.